The van der Waals surface area contributed by atoms with E-state index in [4.69, 9.17) is 10.5 Å². The molecule has 0 radical (unpaired) electrons. The summed E-state index contributed by atoms with van der Waals surface area (Å²) in [7, 11) is 0. The quantitative estimate of drug-likeness (QED) is 0.684. The van der Waals surface area contributed by atoms with Gasteiger partial charge in [0.15, 0.2) is 0 Å². The molecule has 0 saturated carbocycles. The zero-order valence-corrected chi connectivity index (χ0v) is 7.58. The molecule has 3 N–H and O–H groups in total. The summed E-state index contributed by atoms with van der Waals surface area (Å²) in [5.74, 6) is 1.09. The van der Waals surface area contributed by atoms with Crippen LogP contribution in [0.15, 0.2) is 12.1 Å². The van der Waals surface area contributed by atoms with E-state index in [0.29, 0.717) is 12.4 Å². The molecule has 1 aliphatic heterocycles. The lowest BCUT2D eigenvalue weighted by Crippen LogP contribution is -2.10. The van der Waals surface area contributed by atoms with Gasteiger partial charge in [-0.3, -0.25) is 0 Å². The fourth-order valence-electron chi connectivity index (χ4n) is 1.70. The van der Waals surface area contributed by atoms with Gasteiger partial charge in [0.1, 0.15) is 18.1 Å². The first-order valence-corrected chi connectivity index (χ1v) is 4.47. The second-order valence-electron chi connectivity index (χ2n) is 3.25. The van der Waals surface area contributed by atoms with Crippen LogP contribution in [0.2, 0.25) is 0 Å². The summed E-state index contributed by atoms with van der Waals surface area (Å²) in [6, 6.07) is 3.48. The maximum absolute atomic E-state index is 9.54. The van der Waals surface area contributed by atoms with Crippen molar-refractivity contribution in [3.63, 3.8) is 0 Å². The Morgan fingerprint density at radius 1 is 1.62 bits per heavy atom. The van der Waals surface area contributed by atoms with Crippen molar-refractivity contribution < 1.29 is 9.84 Å². The first kappa shape index (κ1) is 8.38. The maximum Gasteiger partial charge on any atom is 0.131 e. The fraction of sp³-hybridized carbons (Fsp3) is 0.400. The van der Waals surface area contributed by atoms with Crippen LogP contribution >= 0.6 is 0 Å². The van der Waals surface area contributed by atoms with E-state index in [1.165, 1.54) is 0 Å². The van der Waals surface area contributed by atoms with E-state index in [2.05, 4.69) is 0 Å². The highest BCUT2D eigenvalue weighted by Gasteiger charge is 2.24. The van der Waals surface area contributed by atoms with Gasteiger partial charge in [-0.2, -0.15) is 0 Å². The summed E-state index contributed by atoms with van der Waals surface area (Å²) in [5, 5.41) is 9.54. The normalized spacial score (nSPS) is 19.7. The van der Waals surface area contributed by atoms with Crippen LogP contribution < -0.4 is 10.5 Å². The van der Waals surface area contributed by atoms with Crippen LogP contribution in [0.4, 0.5) is 0 Å². The standard InChI is InChI=1S/C10H13NO2/c1-2-6-9(12)4-3-7-8(11)5-13-10(6)7/h3-4,8,12H,2,5,11H2,1H3/t8-/m0/s1. The minimum Gasteiger partial charge on any atom is -0.508 e. The number of hydrogen-bond donors (Lipinski definition) is 2. The molecule has 1 aromatic rings. The number of phenols is 1. The molecular formula is C10H13NO2. The molecule has 0 aromatic heterocycles. The highest BCUT2D eigenvalue weighted by molar-refractivity contribution is 5.52. The zero-order valence-electron chi connectivity index (χ0n) is 7.58. The molecule has 1 aromatic carbocycles. The summed E-state index contributed by atoms with van der Waals surface area (Å²) in [6.45, 7) is 2.51. The van der Waals surface area contributed by atoms with E-state index in [1.54, 1.807) is 6.07 Å². The van der Waals surface area contributed by atoms with E-state index in [-0.39, 0.29) is 6.04 Å². The van der Waals surface area contributed by atoms with E-state index in [9.17, 15) is 5.11 Å². The molecule has 3 nitrogen and oxygen atoms in total. The molecule has 1 aliphatic rings. The maximum atomic E-state index is 9.54. The number of nitrogens with two attached hydrogens (primary N) is 1. The van der Waals surface area contributed by atoms with Crippen LogP contribution in [0.1, 0.15) is 24.1 Å². The number of rotatable bonds is 1. The number of aromatic hydroxyl groups is 1. The van der Waals surface area contributed by atoms with Gasteiger partial charge < -0.3 is 15.6 Å². The molecule has 0 spiro atoms. The van der Waals surface area contributed by atoms with Crippen LogP contribution in [0.25, 0.3) is 0 Å². The smallest absolute Gasteiger partial charge is 0.131 e. The van der Waals surface area contributed by atoms with E-state index < -0.39 is 0 Å². The number of hydrogen-bond acceptors (Lipinski definition) is 3. The van der Waals surface area contributed by atoms with Crippen molar-refractivity contribution in [1.82, 2.24) is 0 Å². The molecule has 0 fully saturated rings. The van der Waals surface area contributed by atoms with Crippen molar-refractivity contribution in [1.29, 1.82) is 0 Å². The third kappa shape index (κ3) is 1.16. The van der Waals surface area contributed by atoms with Crippen molar-refractivity contribution in [2.24, 2.45) is 5.73 Å². The number of ether oxygens (including phenoxy) is 1. The van der Waals surface area contributed by atoms with Gasteiger partial charge in [0.25, 0.3) is 0 Å². The Morgan fingerprint density at radius 2 is 2.38 bits per heavy atom. The largest absolute Gasteiger partial charge is 0.508 e. The number of fused-ring (bicyclic) bond motifs is 1. The third-order valence-electron chi connectivity index (χ3n) is 2.43. The van der Waals surface area contributed by atoms with Crippen molar-refractivity contribution in [2.45, 2.75) is 19.4 Å². The lowest BCUT2D eigenvalue weighted by molar-refractivity contribution is 0.328. The molecule has 0 unspecified atom stereocenters. The minimum atomic E-state index is -0.0408. The summed E-state index contributed by atoms with van der Waals surface area (Å²) < 4.78 is 5.43. The first-order chi connectivity index (χ1) is 6.24. The van der Waals surface area contributed by atoms with Crippen LogP contribution in [0.5, 0.6) is 11.5 Å². The lowest BCUT2D eigenvalue weighted by Gasteiger charge is -2.07. The molecule has 0 aliphatic carbocycles. The van der Waals surface area contributed by atoms with Gasteiger partial charge in [0, 0.05) is 11.1 Å². The van der Waals surface area contributed by atoms with Gasteiger partial charge in [-0.25, -0.2) is 0 Å². The van der Waals surface area contributed by atoms with E-state index in [0.717, 1.165) is 23.3 Å². The highest BCUT2D eigenvalue weighted by atomic mass is 16.5. The van der Waals surface area contributed by atoms with Gasteiger partial charge >= 0.3 is 0 Å². The van der Waals surface area contributed by atoms with E-state index >= 15 is 0 Å². The molecule has 1 atom stereocenters. The Labute approximate surface area is 77.1 Å². The van der Waals surface area contributed by atoms with Crippen molar-refractivity contribution in [3.05, 3.63) is 23.3 Å². The third-order valence-corrected chi connectivity index (χ3v) is 2.43. The van der Waals surface area contributed by atoms with Crippen LogP contribution in [-0.4, -0.2) is 11.7 Å². The lowest BCUT2D eigenvalue weighted by atomic mass is 10.0. The summed E-state index contributed by atoms with van der Waals surface area (Å²) >= 11 is 0. The molecule has 13 heavy (non-hydrogen) atoms. The van der Waals surface area contributed by atoms with Crippen molar-refractivity contribution >= 4 is 0 Å². The number of benzene rings is 1. The van der Waals surface area contributed by atoms with Crippen molar-refractivity contribution in [2.75, 3.05) is 6.61 Å². The topological polar surface area (TPSA) is 55.5 Å². The van der Waals surface area contributed by atoms with Gasteiger partial charge in [-0.15, -0.1) is 0 Å². The van der Waals surface area contributed by atoms with Crippen LogP contribution in [0, 0.1) is 0 Å². The Kier molecular flexibility index (Phi) is 1.88. The van der Waals surface area contributed by atoms with Gasteiger partial charge in [-0.1, -0.05) is 6.92 Å². The van der Waals surface area contributed by atoms with Crippen LogP contribution in [0.3, 0.4) is 0 Å². The minimum absolute atomic E-state index is 0.0408. The summed E-state index contributed by atoms with van der Waals surface area (Å²) in [5.41, 5.74) is 7.69. The molecule has 1 heterocycles. The fourth-order valence-corrected chi connectivity index (χ4v) is 1.70. The van der Waals surface area contributed by atoms with Crippen LogP contribution in [-0.2, 0) is 6.42 Å². The van der Waals surface area contributed by atoms with Gasteiger partial charge in [0.2, 0.25) is 0 Å². The molecule has 3 heteroatoms. The van der Waals surface area contributed by atoms with Gasteiger partial charge in [0.05, 0.1) is 6.04 Å². The zero-order chi connectivity index (χ0) is 9.42. The predicted molar refractivity (Wildman–Crippen MR) is 49.9 cm³/mol. The molecule has 0 bridgehead atoms. The monoisotopic (exact) mass is 179 g/mol. The Hall–Kier alpha value is -1.22. The predicted octanol–water partition coefficient (Wildman–Crippen LogP) is 1.35. The molecule has 70 valence electrons. The molecule has 0 amide bonds. The average molecular weight is 179 g/mol. The average Bonchev–Trinajstić information content (AvgIpc) is 2.48. The molecular weight excluding hydrogens is 166 g/mol. The SMILES string of the molecule is CCc1c(O)ccc2c1OC[C@@H]2N. The van der Waals surface area contributed by atoms with Crippen molar-refractivity contribution in [3.8, 4) is 11.5 Å². The van der Waals surface area contributed by atoms with E-state index in [1.807, 2.05) is 13.0 Å². The first-order valence-electron chi connectivity index (χ1n) is 4.47. The highest BCUT2D eigenvalue weighted by Crippen LogP contribution is 2.38. The molecule has 0 saturated heterocycles. The Morgan fingerprint density at radius 3 is 3.08 bits per heavy atom. The second kappa shape index (κ2) is 2.92. The second-order valence-corrected chi connectivity index (χ2v) is 3.25. The Balaban J connectivity index is 2.57. The summed E-state index contributed by atoms with van der Waals surface area (Å²) in [6.07, 6.45) is 0.766. The number of phenolic OH excluding ortho intramolecular Hbond substituents is 1. The van der Waals surface area contributed by atoms with Gasteiger partial charge in [-0.05, 0) is 18.6 Å². The summed E-state index contributed by atoms with van der Waals surface area (Å²) in [4.78, 5) is 0. The molecule has 2 rings (SSSR count). The Bertz CT molecular complexity index is 336.